The summed E-state index contributed by atoms with van der Waals surface area (Å²) < 4.78 is 15.8. The number of nitrogens with zero attached hydrogens (tertiary/aromatic N) is 1. The van der Waals surface area contributed by atoms with Gasteiger partial charge in [0.1, 0.15) is 23.6 Å². The van der Waals surface area contributed by atoms with Crippen molar-refractivity contribution in [2.75, 3.05) is 37.6 Å². The lowest BCUT2D eigenvalue weighted by Crippen LogP contribution is -2.54. The molecule has 1 amide bonds. The first-order valence-electron chi connectivity index (χ1n) is 9.62. The van der Waals surface area contributed by atoms with Gasteiger partial charge >= 0.3 is 5.97 Å². The van der Waals surface area contributed by atoms with Crippen molar-refractivity contribution < 1.29 is 23.8 Å². The van der Waals surface area contributed by atoms with Crippen LogP contribution in [0.25, 0.3) is 6.08 Å². The van der Waals surface area contributed by atoms with E-state index >= 15 is 0 Å². The number of carbonyl (C=O) groups excluding carboxylic acids is 2. The van der Waals surface area contributed by atoms with Crippen molar-refractivity contribution in [3.8, 4) is 11.5 Å². The lowest BCUT2D eigenvalue weighted by molar-refractivity contribution is -0.137. The predicted molar refractivity (Wildman–Crippen MR) is 116 cm³/mol. The van der Waals surface area contributed by atoms with E-state index in [1.165, 1.54) is 6.08 Å². The normalized spacial score (nSPS) is 14.8. The fourth-order valence-electron chi connectivity index (χ4n) is 3.29. The summed E-state index contributed by atoms with van der Waals surface area (Å²) in [5.74, 6) is 0.691. The summed E-state index contributed by atoms with van der Waals surface area (Å²) in [6.45, 7) is 4.00. The third-order valence-electron chi connectivity index (χ3n) is 4.82. The Hall–Kier alpha value is -3.48. The monoisotopic (exact) mass is 410 g/mol. The third kappa shape index (κ3) is 4.56. The molecule has 0 aliphatic carbocycles. The Morgan fingerprint density at radius 3 is 2.63 bits per heavy atom. The summed E-state index contributed by atoms with van der Waals surface area (Å²) in [6, 6.07) is 12.9. The molecule has 0 spiro atoms. The highest BCUT2D eigenvalue weighted by Crippen LogP contribution is 2.34. The van der Waals surface area contributed by atoms with E-state index < -0.39 is 11.5 Å². The molecule has 1 N–H and O–H groups in total. The Kier molecular flexibility index (Phi) is 6.30. The van der Waals surface area contributed by atoms with Crippen LogP contribution in [-0.4, -0.2) is 44.8 Å². The number of hydrogen-bond acceptors (Lipinski definition) is 6. The van der Waals surface area contributed by atoms with Crippen LogP contribution in [0.15, 0.2) is 48.5 Å². The Morgan fingerprint density at radius 2 is 1.90 bits per heavy atom. The van der Waals surface area contributed by atoms with Crippen LogP contribution < -0.4 is 19.7 Å². The molecule has 0 fully saturated rings. The SMILES string of the molecule is COc1ccc(OC)c(/C=C/C(=O)OCCN2C(=O)C(C)(C)Nc3ccccc32)c1. The first-order valence-corrected chi connectivity index (χ1v) is 9.62. The number of para-hydroxylation sites is 2. The Morgan fingerprint density at radius 1 is 1.13 bits per heavy atom. The van der Waals surface area contributed by atoms with Crippen LogP contribution in [0, 0.1) is 0 Å². The zero-order chi connectivity index (χ0) is 21.7. The van der Waals surface area contributed by atoms with E-state index in [0.29, 0.717) is 17.1 Å². The maximum absolute atomic E-state index is 12.8. The highest BCUT2D eigenvalue weighted by Gasteiger charge is 2.38. The van der Waals surface area contributed by atoms with Gasteiger partial charge in [-0.05, 0) is 50.3 Å². The largest absolute Gasteiger partial charge is 0.497 e. The van der Waals surface area contributed by atoms with Gasteiger partial charge in [-0.25, -0.2) is 4.79 Å². The molecule has 2 aromatic rings. The number of hydrogen-bond donors (Lipinski definition) is 1. The molecule has 0 saturated carbocycles. The number of amides is 1. The van der Waals surface area contributed by atoms with Crippen molar-refractivity contribution in [3.63, 3.8) is 0 Å². The number of nitrogens with one attached hydrogen (secondary N) is 1. The zero-order valence-corrected chi connectivity index (χ0v) is 17.6. The number of anilines is 2. The molecular weight excluding hydrogens is 384 g/mol. The van der Waals surface area contributed by atoms with Crippen LogP contribution >= 0.6 is 0 Å². The number of benzene rings is 2. The standard InChI is InChI=1S/C23H26N2O5/c1-23(2)22(27)25(19-8-6-5-7-18(19)24-23)13-14-30-21(26)12-9-16-15-17(28-3)10-11-20(16)29-4/h5-12,15,24H,13-14H2,1-4H3/b12-9+. The van der Waals surface area contributed by atoms with Crippen LogP contribution in [0.1, 0.15) is 19.4 Å². The summed E-state index contributed by atoms with van der Waals surface area (Å²) in [5.41, 5.74) is 1.61. The molecular formula is C23H26N2O5. The molecule has 3 rings (SSSR count). The second-order valence-electron chi connectivity index (χ2n) is 7.33. The molecule has 1 heterocycles. The lowest BCUT2D eigenvalue weighted by atomic mass is 9.98. The fourth-order valence-corrected chi connectivity index (χ4v) is 3.29. The maximum Gasteiger partial charge on any atom is 0.330 e. The maximum atomic E-state index is 12.8. The van der Waals surface area contributed by atoms with Crippen molar-refractivity contribution in [3.05, 3.63) is 54.1 Å². The summed E-state index contributed by atoms with van der Waals surface area (Å²) in [7, 11) is 3.13. The molecule has 0 saturated heterocycles. The van der Waals surface area contributed by atoms with Crippen LogP contribution in [0.5, 0.6) is 11.5 Å². The molecule has 0 aromatic heterocycles. The number of fused-ring (bicyclic) bond motifs is 1. The van der Waals surface area contributed by atoms with Gasteiger partial charge in [0.15, 0.2) is 0 Å². The van der Waals surface area contributed by atoms with E-state index in [1.807, 2.05) is 38.1 Å². The first kappa shape index (κ1) is 21.2. The van der Waals surface area contributed by atoms with Gasteiger partial charge in [-0.3, -0.25) is 4.79 Å². The quantitative estimate of drug-likeness (QED) is 0.556. The van der Waals surface area contributed by atoms with Crippen LogP contribution in [0.3, 0.4) is 0 Å². The molecule has 0 atom stereocenters. The van der Waals surface area contributed by atoms with E-state index in [4.69, 9.17) is 14.2 Å². The van der Waals surface area contributed by atoms with Crippen molar-refractivity contribution in [2.45, 2.75) is 19.4 Å². The predicted octanol–water partition coefficient (Wildman–Crippen LogP) is 3.50. The molecule has 0 radical (unpaired) electrons. The van der Waals surface area contributed by atoms with Gasteiger partial charge in [0.05, 0.1) is 32.1 Å². The van der Waals surface area contributed by atoms with Gasteiger partial charge in [-0.1, -0.05) is 12.1 Å². The van der Waals surface area contributed by atoms with Gasteiger partial charge in [-0.2, -0.15) is 0 Å². The Labute approximate surface area is 176 Å². The van der Waals surface area contributed by atoms with E-state index in [1.54, 1.807) is 43.4 Å². The van der Waals surface area contributed by atoms with Gasteiger partial charge in [0.25, 0.3) is 5.91 Å². The minimum absolute atomic E-state index is 0.0751. The molecule has 30 heavy (non-hydrogen) atoms. The fraction of sp³-hybridized carbons (Fsp3) is 0.304. The molecule has 2 aromatic carbocycles. The summed E-state index contributed by atoms with van der Waals surface area (Å²) in [4.78, 5) is 26.6. The van der Waals surface area contributed by atoms with Crippen LogP contribution in [0.2, 0.25) is 0 Å². The first-order chi connectivity index (χ1) is 14.4. The summed E-state index contributed by atoms with van der Waals surface area (Å²) in [6.07, 6.45) is 2.94. The van der Waals surface area contributed by atoms with E-state index in [2.05, 4.69) is 5.32 Å². The molecule has 1 aliphatic rings. The molecule has 7 nitrogen and oxygen atoms in total. The second-order valence-corrected chi connectivity index (χ2v) is 7.33. The molecule has 7 heteroatoms. The Bertz CT molecular complexity index is 968. The number of methoxy groups -OCH3 is 2. The number of carbonyl (C=O) groups is 2. The molecule has 158 valence electrons. The zero-order valence-electron chi connectivity index (χ0n) is 17.6. The highest BCUT2D eigenvalue weighted by molar-refractivity contribution is 6.07. The average molecular weight is 410 g/mol. The molecule has 0 bridgehead atoms. The van der Waals surface area contributed by atoms with Gasteiger partial charge in [0, 0.05) is 11.6 Å². The van der Waals surface area contributed by atoms with Crippen molar-refractivity contribution in [1.29, 1.82) is 0 Å². The number of rotatable bonds is 7. The summed E-state index contributed by atoms with van der Waals surface area (Å²) >= 11 is 0. The van der Waals surface area contributed by atoms with E-state index in [0.717, 1.165) is 11.4 Å². The number of esters is 1. The summed E-state index contributed by atoms with van der Waals surface area (Å²) in [5, 5.41) is 3.24. The topological polar surface area (TPSA) is 77.1 Å². The Balaban J connectivity index is 1.63. The smallest absolute Gasteiger partial charge is 0.330 e. The van der Waals surface area contributed by atoms with Gasteiger partial charge in [0.2, 0.25) is 0 Å². The van der Waals surface area contributed by atoms with E-state index in [-0.39, 0.29) is 19.1 Å². The van der Waals surface area contributed by atoms with Crippen molar-refractivity contribution in [1.82, 2.24) is 0 Å². The van der Waals surface area contributed by atoms with Crippen LogP contribution in [0.4, 0.5) is 11.4 Å². The van der Waals surface area contributed by atoms with Crippen molar-refractivity contribution in [2.24, 2.45) is 0 Å². The molecule has 0 unspecified atom stereocenters. The van der Waals surface area contributed by atoms with Crippen LogP contribution in [-0.2, 0) is 14.3 Å². The third-order valence-corrected chi connectivity index (χ3v) is 4.82. The lowest BCUT2D eigenvalue weighted by Gasteiger charge is -2.39. The number of ether oxygens (including phenoxy) is 3. The minimum Gasteiger partial charge on any atom is -0.497 e. The molecule has 1 aliphatic heterocycles. The van der Waals surface area contributed by atoms with Gasteiger partial charge in [-0.15, -0.1) is 0 Å². The van der Waals surface area contributed by atoms with E-state index in [9.17, 15) is 9.59 Å². The minimum atomic E-state index is -0.735. The second kappa shape index (κ2) is 8.90. The highest BCUT2D eigenvalue weighted by atomic mass is 16.5. The van der Waals surface area contributed by atoms with Gasteiger partial charge < -0.3 is 24.4 Å². The van der Waals surface area contributed by atoms with Crippen molar-refractivity contribution >= 4 is 29.3 Å². The average Bonchev–Trinajstić information content (AvgIpc) is 2.74.